The number of halogens is 1. The third kappa shape index (κ3) is 3.36. The second kappa shape index (κ2) is 6.39. The van der Waals surface area contributed by atoms with Crippen LogP contribution in [0.25, 0.3) is 0 Å². The molecule has 2 aliphatic rings. The van der Waals surface area contributed by atoms with E-state index in [1.165, 1.54) is 12.8 Å². The molecule has 126 valence electrons. The first kappa shape index (κ1) is 15.4. The first-order valence-electron chi connectivity index (χ1n) is 8.29. The van der Waals surface area contributed by atoms with Crippen molar-refractivity contribution in [2.75, 3.05) is 18.0 Å². The standard InChI is InChI=1S/C16H19ClN6O/c17-14-3-4-15(22-21-14)23-7-5-11(6-8-23)18-16(24)13-9-12(19-20-13)10-1-2-10/h3-4,9-11H,1-2,5-8H2,(H,18,24)(H,19,20). The molecule has 7 nitrogen and oxygen atoms in total. The van der Waals surface area contributed by atoms with Gasteiger partial charge >= 0.3 is 0 Å². The second-order valence-corrected chi connectivity index (χ2v) is 6.82. The molecule has 0 unspecified atom stereocenters. The van der Waals surface area contributed by atoms with Gasteiger partial charge in [0, 0.05) is 30.7 Å². The summed E-state index contributed by atoms with van der Waals surface area (Å²) in [7, 11) is 0. The summed E-state index contributed by atoms with van der Waals surface area (Å²) in [6, 6.07) is 5.66. The summed E-state index contributed by atoms with van der Waals surface area (Å²) in [5, 5.41) is 18.6. The summed E-state index contributed by atoms with van der Waals surface area (Å²) in [5.74, 6) is 1.30. The Morgan fingerprint density at radius 2 is 2.00 bits per heavy atom. The van der Waals surface area contributed by atoms with Crippen molar-refractivity contribution < 1.29 is 4.79 Å². The number of hydrogen-bond acceptors (Lipinski definition) is 5. The Kier molecular flexibility index (Phi) is 4.10. The van der Waals surface area contributed by atoms with Crippen molar-refractivity contribution in [1.82, 2.24) is 25.7 Å². The summed E-state index contributed by atoms with van der Waals surface area (Å²) in [6.45, 7) is 1.66. The highest BCUT2D eigenvalue weighted by molar-refractivity contribution is 6.29. The quantitative estimate of drug-likeness (QED) is 0.885. The highest BCUT2D eigenvalue weighted by atomic mass is 35.5. The lowest BCUT2D eigenvalue weighted by Gasteiger charge is -2.32. The zero-order chi connectivity index (χ0) is 16.5. The average Bonchev–Trinajstić information content (AvgIpc) is 3.33. The lowest BCUT2D eigenvalue weighted by molar-refractivity contribution is 0.0926. The van der Waals surface area contributed by atoms with E-state index < -0.39 is 0 Å². The molecule has 2 fully saturated rings. The van der Waals surface area contributed by atoms with E-state index in [0.29, 0.717) is 16.8 Å². The van der Waals surface area contributed by atoms with Crippen LogP contribution in [-0.2, 0) is 0 Å². The number of rotatable bonds is 4. The van der Waals surface area contributed by atoms with Gasteiger partial charge in [0.15, 0.2) is 11.0 Å². The van der Waals surface area contributed by atoms with E-state index >= 15 is 0 Å². The van der Waals surface area contributed by atoms with Gasteiger partial charge in [0.2, 0.25) is 0 Å². The van der Waals surface area contributed by atoms with Crippen molar-refractivity contribution in [2.45, 2.75) is 37.6 Å². The van der Waals surface area contributed by atoms with Crippen LogP contribution in [0.1, 0.15) is 47.8 Å². The van der Waals surface area contributed by atoms with E-state index in [9.17, 15) is 4.79 Å². The van der Waals surface area contributed by atoms with Gasteiger partial charge in [0.1, 0.15) is 5.69 Å². The molecule has 4 rings (SSSR count). The van der Waals surface area contributed by atoms with Gasteiger partial charge in [-0.1, -0.05) is 11.6 Å². The summed E-state index contributed by atoms with van der Waals surface area (Å²) >= 11 is 5.77. The number of carbonyl (C=O) groups excluding carboxylic acids is 1. The van der Waals surface area contributed by atoms with Crippen molar-refractivity contribution >= 4 is 23.3 Å². The normalized spacial score (nSPS) is 18.6. The van der Waals surface area contributed by atoms with Crippen LogP contribution < -0.4 is 10.2 Å². The van der Waals surface area contributed by atoms with Crippen LogP contribution in [0.4, 0.5) is 5.82 Å². The van der Waals surface area contributed by atoms with Crippen molar-refractivity contribution in [3.05, 3.63) is 34.7 Å². The number of piperidine rings is 1. The number of H-pyrrole nitrogens is 1. The molecule has 3 heterocycles. The Labute approximate surface area is 144 Å². The molecule has 24 heavy (non-hydrogen) atoms. The van der Waals surface area contributed by atoms with Gasteiger partial charge < -0.3 is 10.2 Å². The number of amides is 1. The van der Waals surface area contributed by atoms with Crippen LogP contribution in [0.3, 0.4) is 0 Å². The van der Waals surface area contributed by atoms with E-state index in [-0.39, 0.29) is 11.9 Å². The zero-order valence-electron chi connectivity index (χ0n) is 13.2. The largest absolute Gasteiger partial charge is 0.355 e. The number of carbonyl (C=O) groups is 1. The average molecular weight is 347 g/mol. The Balaban J connectivity index is 1.30. The molecule has 2 aromatic rings. The third-order valence-electron chi connectivity index (χ3n) is 4.62. The fourth-order valence-electron chi connectivity index (χ4n) is 3.05. The Hall–Kier alpha value is -2.15. The van der Waals surface area contributed by atoms with E-state index in [4.69, 9.17) is 11.6 Å². The van der Waals surface area contributed by atoms with Crippen LogP contribution in [0.15, 0.2) is 18.2 Å². The molecule has 1 aliphatic heterocycles. The maximum Gasteiger partial charge on any atom is 0.271 e. The number of aromatic amines is 1. The molecule has 0 aromatic carbocycles. The van der Waals surface area contributed by atoms with Gasteiger partial charge in [0.25, 0.3) is 5.91 Å². The Bertz CT molecular complexity index is 718. The number of nitrogens with zero attached hydrogens (tertiary/aromatic N) is 4. The zero-order valence-corrected chi connectivity index (χ0v) is 14.0. The van der Waals surface area contributed by atoms with Crippen LogP contribution in [0, 0.1) is 0 Å². The fourth-order valence-corrected chi connectivity index (χ4v) is 3.15. The number of hydrogen-bond donors (Lipinski definition) is 2. The molecule has 2 aromatic heterocycles. The summed E-state index contributed by atoms with van der Waals surface area (Å²) in [5.41, 5.74) is 1.57. The van der Waals surface area contributed by atoms with Gasteiger partial charge in [0.05, 0.1) is 0 Å². The Morgan fingerprint density at radius 3 is 2.67 bits per heavy atom. The van der Waals surface area contributed by atoms with Crippen LogP contribution in [0.5, 0.6) is 0 Å². The number of anilines is 1. The molecule has 0 radical (unpaired) electrons. The highest BCUT2D eigenvalue weighted by Crippen LogP contribution is 2.39. The first-order valence-corrected chi connectivity index (χ1v) is 8.67. The second-order valence-electron chi connectivity index (χ2n) is 6.43. The first-order chi connectivity index (χ1) is 11.7. The van der Waals surface area contributed by atoms with E-state index in [0.717, 1.165) is 37.4 Å². The predicted octanol–water partition coefficient (Wildman–Crippen LogP) is 2.13. The summed E-state index contributed by atoms with van der Waals surface area (Å²) in [4.78, 5) is 14.5. The van der Waals surface area contributed by atoms with E-state index in [1.54, 1.807) is 6.07 Å². The fraction of sp³-hybridized carbons (Fsp3) is 0.500. The van der Waals surface area contributed by atoms with E-state index in [1.807, 2.05) is 12.1 Å². The molecule has 1 saturated carbocycles. The van der Waals surface area contributed by atoms with Crippen LogP contribution in [0.2, 0.25) is 5.15 Å². The minimum atomic E-state index is -0.0946. The lowest BCUT2D eigenvalue weighted by Crippen LogP contribution is -2.45. The van der Waals surface area contributed by atoms with Crippen molar-refractivity contribution in [3.8, 4) is 0 Å². The van der Waals surface area contributed by atoms with E-state index in [2.05, 4.69) is 30.6 Å². The molecule has 0 bridgehead atoms. The molecular weight excluding hydrogens is 328 g/mol. The third-order valence-corrected chi connectivity index (χ3v) is 4.82. The maximum atomic E-state index is 12.3. The van der Waals surface area contributed by atoms with Gasteiger partial charge in [-0.3, -0.25) is 9.89 Å². The summed E-state index contributed by atoms with van der Waals surface area (Å²) < 4.78 is 0. The molecule has 0 spiro atoms. The molecular formula is C16H19ClN6O. The molecule has 2 N–H and O–H groups in total. The van der Waals surface area contributed by atoms with Crippen molar-refractivity contribution in [2.24, 2.45) is 0 Å². The molecule has 0 atom stereocenters. The van der Waals surface area contributed by atoms with Gasteiger partial charge in [-0.15, -0.1) is 10.2 Å². The predicted molar refractivity (Wildman–Crippen MR) is 90.3 cm³/mol. The van der Waals surface area contributed by atoms with Crippen molar-refractivity contribution in [1.29, 1.82) is 0 Å². The van der Waals surface area contributed by atoms with Gasteiger partial charge in [-0.05, 0) is 43.9 Å². The van der Waals surface area contributed by atoms with Gasteiger partial charge in [-0.25, -0.2) is 0 Å². The molecule has 8 heteroatoms. The minimum absolute atomic E-state index is 0.0946. The van der Waals surface area contributed by atoms with Crippen molar-refractivity contribution in [3.63, 3.8) is 0 Å². The number of aromatic nitrogens is 4. The highest BCUT2D eigenvalue weighted by Gasteiger charge is 2.27. The summed E-state index contributed by atoms with van der Waals surface area (Å²) in [6.07, 6.45) is 4.12. The Morgan fingerprint density at radius 1 is 1.21 bits per heavy atom. The van der Waals surface area contributed by atoms with Gasteiger partial charge in [-0.2, -0.15) is 5.10 Å². The molecule has 1 amide bonds. The lowest BCUT2D eigenvalue weighted by atomic mass is 10.0. The smallest absolute Gasteiger partial charge is 0.271 e. The van der Waals surface area contributed by atoms with Crippen LogP contribution >= 0.6 is 11.6 Å². The number of nitrogens with one attached hydrogen (secondary N) is 2. The minimum Gasteiger partial charge on any atom is -0.355 e. The SMILES string of the molecule is O=C(NC1CCN(c2ccc(Cl)nn2)CC1)c1cc(C2CC2)[nH]n1. The molecule has 1 saturated heterocycles. The van der Waals surface area contributed by atoms with Crippen LogP contribution in [-0.4, -0.2) is 45.4 Å². The maximum absolute atomic E-state index is 12.3. The topological polar surface area (TPSA) is 86.8 Å². The monoisotopic (exact) mass is 346 g/mol. The molecule has 1 aliphatic carbocycles.